The smallest absolute Gasteiger partial charge is 0.306 e. The molecule has 1 saturated heterocycles. The molecule has 0 radical (unpaired) electrons. The molecule has 5 heteroatoms. The van der Waals surface area contributed by atoms with Crippen molar-refractivity contribution in [2.45, 2.75) is 32.7 Å². The summed E-state index contributed by atoms with van der Waals surface area (Å²) in [5.74, 6) is -0.636. The second-order valence-electron chi connectivity index (χ2n) is 5.34. The topological polar surface area (TPSA) is 66.8 Å². The van der Waals surface area contributed by atoms with Gasteiger partial charge in [0.05, 0.1) is 18.1 Å². The Hall–Kier alpha value is -2.04. The van der Waals surface area contributed by atoms with Crippen molar-refractivity contribution >= 4 is 11.9 Å². The molecule has 0 bridgehead atoms. The molecule has 0 aliphatic carbocycles. The van der Waals surface area contributed by atoms with E-state index in [1.807, 2.05) is 26.0 Å². The summed E-state index contributed by atoms with van der Waals surface area (Å²) in [6, 6.07) is 7.10. The van der Waals surface area contributed by atoms with E-state index < -0.39 is 5.97 Å². The van der Waals surface area contributed by atoms with Crippen molar-refractivity contribution in [3.63, 3.8) is 0 Å². The first kappa shape index (κ1) is 15.4. The van der Waals surface area contributed by atoms with E-state index in [4.69, 9.17) is 9.84 Å². The van der Waals surface area contributed by atoms with Crippen LogP contribution in [0, 0.1) is 5.92 Å². The summed E-state index contributed by atoms with van der Waals surface area (Å²) >= 11 is 0. The van der Waals surface area contributed by atoms with Crippen molar-refractivity contribution in [2.75, 3.05) is 13.2 Å². The summed E-state index contributed by atoms with van der Waals surface area (Å²) in [7, 11) is 0. The molecule has 1 aromatic rings. The second kappa shape index (κ2) is 6.61. The van der Waals surface area contributed by atoms with Crippen molar-refractivity contribution in [1.82, 2.24) is 4.90 Å². The van der Waals surface area contributed by atoms with E-state index in [2.05, 4.69) is 0 Å². The number of carboxylic acid groups (broad SMARTS) is 1. The molecule has 0 aromatic heterocycles. The van der Waals surface area contributed by atoms with Crippen LogP contribution >= 0.6 is 0 Å². The average molecular weight is 291 g/mol. The van der Waals surface area contributed by atoms with Crippen molar-refractivity contribution in [3.8, 4) is 5.75 Å². The van der Waals surface area contributed by atoms with Crippen LogP contribution in [0.15, 0.2) is 24.3 Å². The molecular formula is C16H21NO4. The van der Waals surface area contributed by atoms with Crippen LogP contribution in [-0.2, 0) is 4.79 Å². The minimum Gasteiger partial charge on any atom is -0.493 e. The summed E-state index contributed by atoms with van der Waals surface area (Å²) in [6.45, 7) is 4.75. The van der Waals surface area contributed by atoms with E-state index in [0.29, 0.717) is 37.3 Å². The van der Waals surface area contributed by atoms with Gasteiger partial charge in [0.25, 0.3) is 5.91 Å². The number of piperidine rings is 1. The van der Waals surface area contributed by atoms with Crippen LogP contribution in [0.2, 0.25) is 0 Å². The molecule has 1 amide bonds. The van der Waals surface area contributed by atoms with Crippen molar-refractivity contribution < 1.29 is 19.4 Å². The van der Waals surface area contributed by atoms with Crippen molar-refractivity contribution in [3.05, 3.63) is 29.8 Å². The lowest BCUT2D eigenvalue weighted by molar-refractivity contribution is -0.143. The Kier molecular flexibility index (Phi) is 4.83. The molecular weight excluding hydrogens is 270 g/mol. The van der Waals surface area contributed by atoms with Crippen LogP contribution in [0.1, 0.15) is 37.0 Å². The molecule has 5 nitrogen and oxygen atoms in total. The number of nitrogens with zero attached hydrogens (tertiary/aromatic N) is 1. The van der Waals surface area contributed by atoms with E-state index in [-0.39, 0.29) is 17.9 Å². The van der Waals surface area contributed by atoms with E-state index in [9.17, 15) is 9.59 Å². The quantitative estimate of drug-likeness (QED) is 0.925. The standard InChI is InChI=1S/C16H21NO4/c1-3-21-14-7-5-4-6-13(14)15(18)17-9-8-12(16(19)20)10-11(17)2/h4-7,11-12H,3,8-10H2,1-2H3,(H,19,20). The van der Waals surface area contributed by atoms with E-state index in [1.54, 1.807) is 17.0 Å². The number of para-hydroxylation sites is 1. The average Bonchev–Trinajstić information content (AvgIpc) is 2.47. The summed E-state index contributed by atoms with van der Waals surface area (Å²) in [5, 5.41) is 9.09. The molecule has 2 rings (SSSR count). The van der Waals surface area contributed by atoms with Gasteiger partial charge in [-0.15, -0.1) is 0 Å². The lowest BCUT2D eigenvalue weighted by Crippen LogP contribution is -2.46. The number of likely N-dealkylation sites (tertiary alicyclic amines) is 1. The Balaban J connectivity index is 2.16. The SMILES string of the molecule is CCOc1ccccc1C(=O)N1CCC(C(=O)O)CC1C. The highest BCUT2D eigenvalue weighted by atomic mass is 16.5. The van der Waals surface area contributed by atoms with Gasteiger partial charge >= 0.3 is 5.97 Å². The third kappa shape index (κ3) is 3.35. The van der Waals surface area contributed by atoms with Crippen LogP contribution in [0.4, 0.5) is 0 Å². The van der Waals surface area contributed by atoms with Crippen molar-refractivity contribution in [2.24, 2.45) is 5.92 Å². The molecule has 0 saturated carbocycles. The van der Waals surface area contributed by atoms with Crippen molar-refractivity contribution in [1.29, 1.82) is 0 Å². The van der Waals surface area contributed by atoms with Gasteiger partial charge in [0.2, 0.25) is 0 Å². The maximum Gasteiger partial charge on any atom is 0.306 e. The number of benzene rings is 1. The van der Waals surface area contributed by atoms with Gasteiger partial charge in [-0.2, -0.15) is 0 Å². The van der Waals surface area contributed by atoms with Crippen LogP contribution in [0.5, 0.6) is 5.75 Å². The zero-order chi connectivity index (χ0) is 15.4. The monoisotopic (exact) mass is 291 g/mol. The first-order chi connectivity index (χ1) is 10.0. The third-order valence-corrected chi connectivity index (χ3v) is 3.90. The fourth-order valence-corrected chi connectivity index (χ4v) is 2.78. The molecule has 1 aliphatic heterocycles. The number of carbonyl (C=O) groups is 2. The van der Waals surface area contributed by atoms with E-state index >= 15 is 0 Å². The molecule has 21 heavy (non-hydrogen) atoms. The molecule has 1 N–H and O–H groups in total. The first-order valence-electron chi connectivity index (χ1n) is 7.30. The normalized spacial score (nSPS) is 21.9. The predicted octanol–water partition coefficient (Wildman–Crippen LogP) is 2.41. The summed E-state index contributed by atoms with van der Waals surface area (Å²) < 4.78 is 5.50. The van der Waals surface area contributed by atoms with Crippen LogP contribution in [0.25, 0.3) is 0 Å². The number of carboxylic acids is 1. The Morgan fingerprint density at radius 3 is 2.71 bits per heavy atom. The maximum atomic E-state index is 12.7. The van der Waals surface area contributed by atoms with Gasteiger partial charge in [-0.25, -0.2) is 0 Å². The zero-order valence-corrected chi connectivity index (χ0v) is 12.4. The summed E-state index contributed by atoms with van der Waals surface area (Å²) in [4.78, 5) is 25.5. The number of hydrogen-bond donors (Lipinski definition) is 1. The molecule has 1 aromatic carbocycles. The van der Waals surface area contributed by atoms with Crippen LogP contribution < -0.4 is 4.74 Å². The maximum absolute atomic E-state index is 12.7. The molecule has 2 unspecified atom stereocenters. The van der Waals surface area contributed by atoms with Gasteiger partial charge in [-0.3, -0.25) is 9.59 Å². The number of rotatable bonds is 4. The van der Waals surface area contributed by atoms with Gasteiger partial charge in [0.15, 0.2) is 0 Å². The first-order valence-corrected chi connectivity index (χ1v) is 7.30. The number of carbonyl (C=O) groups excluding carboxylic acids is 1. The predicted molar refractivity (Wildman–Crippen MR) is 78.5 cm³/mol. The Morgan fingerprint density at radius 1 is 1.38 bits per heavy atom. The van der Waals surface area contributed by atoms with E-state index in [0.717, 1.165) is 0 Å². The van der Waals surface area contributed by atoms with Gasteiger partial charge in [0.1, 0.15) is 5.75 Å². The highest BCUT2D eigenvalue weighted by molar-refractivity contribution is 5.97. The molecule has 1 fully saturated rings. The minimum absolute atomic E-state index is 0.0815. The zero-order valence-electron chi connectivity index (χ0n) is 12.4. The molecule has 1 heterocycles. The van der Waals surface area contributed by atoms with Crippen LogP contribution in [0.3, 0.4) is 0 Å². The van der Waals surface area contributed by atoms with Crippen LogP contribution in [-0.4, -0.2) is 41.1 Å². The third-order valence-electron chi connectivity index (χ3n) is 3.90. The fourth-order valence-electron chi connectivity index (χ4n) is 2.78. The highest BCUT2D eigenvalue weighted by Gasteiger charge is 2.33. The molecule has 114 valence electrons. The molecule has 2 atom stereocenters. The van der Waals surface area contributed by atoms with Gasteiger partial charge in [-0.05, 0) is 38.8 Å². The largest absolute Gasteiger partial charge is 0.493 e. The second-order valence-corrected chi connectivity index (χ2v) is 5.34. The summed E-state index contributed by atoms with van der Waals surface area (Å²) in [5.41, 5.74) is 0.542. The highest BCUT2D eigenvalue weighted by Crippen LogP contribution is 2.27. The van der Waals surface area contributed by atoms with Gasteiger partial charge < -0.3 is 14.7 Å². The fraction of sp³-hybridized carbons (Fsp3) is 0.500. The van der Waals surface area contributed by atoms with Gasteiger partial charge in [-0.1, -0.05) is 12.1 Å². The Labute approximate surface area is 124 Å². The van der Waals surface area contributed by atoms with E-state index in [1.165, 1.54) is 0 Å². The summed E-state index contributed by atoms with van der Waals surface area (Å²) in [6.07, 6.45) is 1.00. The Bertz CT molecular complexity index is 529. The minimum atomic E-state index is -0.774. The number of ether oxygens (including phenoxy) is 1. The lowest BCUT2D eigenvalue weighted by atomic mass is 9.91. The molecule has 0 spiro atoms. The molecule has 1 aliphatic rings. The number of amides is 1. The van der Waals surface area contributed by atoms with Gasteiger partial charge in [0, 0.05) is 12.6 Å². The number of aliphatic carboxylic acids is 1. The Morgan fingerprint density at radius 2 is 2.10 bits per heavy atom. The number of hydrogen-bond acceptors (Lipinski definition) is 3. The lowest BCUT2D eigenvalue weighted by Gasteiger charge is -2.36.